The number of rotatable bonds is 1. The molecule has 0 aliphatic carbocycles. The average molecular weight is 186 g/mol. The minimum absolute atomic E-state index is 0.810. The summed E-state index contributed by atoms with van der Waals surface area (Å²) in [5.41, 5.74) is 2.04. The first-order chi connectivity index (χ1) is 5.15. The van der Waals surface area contributed by atoms with Crippen molar-refractivity contribution in [3.05, 3.63) is 21.6 Å². The molecule has 0 saturated carbocycles. The molecule has 0 N–H and O–H groups in total. The third-order valence-electron chi connectivity index (χ3n) is 1.36. The molecule has 0 aromatic carbocycles. The summed E-state index contributed by atoms with van der Waals surface area (Å²) in [5, 5.41) is 3.80. The minimum atomic E-state index is 0.810. The fraction of sp³-hybridized carbons (Fsp3) is 0.286. The Labute approximate surface area is 74.3 Å². The Kier molecular flexibility index (Phi) is 2.42. The zero-order chi connectivity index (χ0) is 8.43. The molecule has 0 spiro atoms. The van der Waals surface area contributed by atoms with Crippen molar-refractivity contribution >= 4 is 6.72 Å². The molecule has 0 aliphatic heterocycles. The molecular formula is C7H9N3V. The van der Waals surface area contributed by atoms with E-state index < -0.39 is 0 Å². The van der Waals surface area contributed by atoms with Gasteiger partial charge in [-0.25, -0.2) is 0 Å². The first-order valence-corrected chi connectivity index (χ1v) is 3.91. The van der Waals surface area contributed by atoms with Crippen LogP contribution >= 0.6 is 0 Å². The molecule has 0 amide bonds. The van der Waals surface area contributed by atoms with Crippen LogP contribution in [0, 0.1) is 18.0 Å². The Balaban J connectivity index is 3.49. The molecular weight excluding hydrogens is 177 g/mol. The molecule has 11 heavy (non-hydrogen) atoms. The number of aryl methyl sites for hydroxylation is 2. The van der Waals surface area contributed by atoms with Crippen molar-refractivity contribution in [2.45, 2.75) is 13.8 Å². The standard InChI is InChI=1S/C7H9N3.V/c1-6-4-7(2)10(8-3)5-9-6;/h4H,3H2,1-2H3;. The molecule has 0 bridgehead atoms. The van der Waals surface area contributed by atoms with Gasteiger partial charge in [0.05, 0.1) is 0 Å². The van der Waals surface area contributed by atoms with E-state index in [1.165, 1.54) is 0 Å². The summed E-state index contributed by atoms with van der Waals surface area (Å²) in [7, 11) is 0. The summed E-state index contributed by atoms with van der Waals surface area (Å²) in [6.45, 7) is 7.37. The van der Waals surface area contributed by atoms with Crippen LogP contribution in [0.2, 0.25) is 0 Å². The van der Waals surface area contributed by atoms with E-state index in [2.05, 4.69) is 33.8 Å². The Morgan fingerprint density at radius 3 is 2.73 bits per heavy atom. The van der Waals surface area contributed by atoms with E-state index in [9.17, 15) is 0 Å². The molecule has 0 saturated heterocycles. The Morgan fingerprint density at radius 2 is 2.27 bits per heavy atom. The summed E-state index contributed by atoms with van der Waals surface area (Å²) >= 11 is 2.37. The Bertz CT molecular complexity index is 340. The van der Waals surface area contributed by atoms with Gasteiger partial charge in [0.25, 0.3) is 0 Å². The van der Waals surface area contributed by atoms with Gasteiger partial charge in [-0.1, -0.05) is 0 Å². The fourth-order valence-corrected chi connectivity index (χ4v) is 1.52. The number of aromatic nitrogens is 2. The van der Waals surface area contributed by atoms with E-state index in [0.29, 0.717) is 0 Å². The predicted molar refractivity (Wildman–Crippen MR) is 39.9 cm³/mol. The van der Waals surface area contributed by atoms with Gasteiger partial charge < -0.3 is 0 Å². The van der Waals surface area contributed by atoms with Gasteiger partial charge in [0.1, 0.15) is 0 Å². The molecule has 1 heterocycles. The molecule has 4 heteroatoms. The number of hydrogen-bond donors (Lipinski definition) is 0. The Hall–Kier alpha value is -0.666. The van der Waals surface area contributed by atoms with Crippen LogP contribution < -0.4 is 0 Å². The van der Waals surface area contributed by atoms with Crippen molar-refractivity contribution < 1.29 is 17.0 Å². The SMILES string of the molecule is C=Nn1c(C)cc(C)n[c]1=[V]. The molecule has 0 fully saturated rings. The normalized spacial score (nSPS) is 9.55. The van der Waals surface area contributed by atoms with E-state index in [1.54, 1.807) is 4.68 Å². The van der Waals surface area contributed by atoms with Crippen molar-refractivity contribution in [1.29, 1.82) is 0 Å². The molecule has 0 aliphatic rings. The van der Waals surface area contributed by atoms with Crippen LogP contribution in [0.4, 0.5) is 0 Å². The molecule has 0 unspecified atom stereocenters. The van der Waals surface area contributed by atoms with E-state index in [-0.39, 0.29) is 0 Å². The fourth-order valence-electron chi connectivity index (χ4n) is 0.933. The zero-order valence-corrected chi connectivity index (χ0v) is 7.97. The van der Waals surface area contributed by atoms with Crippen molar-refractivity contribution in [3.8, 4) is 0 Å². The average Bonchev–Trinajstić information content (AvgIpc) is 1.85. The Morgan fingerprint density at radius 1 is 1.64 bits per heavy atom. The first-order valence-electron chi connectivity index (χ1n) is 3.21. The monoisotopic (exact) mass is 186 g/mol. The zero-order valence-electron chi connectivity index (χ0n) is 6.57. The summed E-state index contributed by atoms with van der Waals surface area (Å²) < 4.78 is 2.50. The second kappa shape index (κ2) is 3.16. The van der Waals surface area contributed by atoms with Gasteiger partial charge in [-0.2, -0.15) is 0 Å². The number of hydrogen-bond acceptors (Lipinski definition) is 2. The maximum atomic E-state index is 4.21. The van der Waals surface area contributed by atoms with Gasteiger partial charge in [0.2, 0.25) is 0 Å². The van der Waals surface area contributed by atoms with E-state index >= 15 is 0 Å². The van der Waals surface area contributed by atoms with Crippen molar-refractivity contribution in [1.82, 2.24) is 9.66 Å². The van der Waals surface area contributed by atoms with Crippen LogP contribution in [0.25, 0.3) is 0 Å². The van der Waals surface area contributed by atoms with E-state index in [4.69, 9.17) is 0 Å². The second-order valence-electron chi connectivity index (χ2n) is 2.29. The van der Waals surface area contributed by atoms with Gasteiger partial charge >= 0.3 is 73.9 Å². The number of nitrogens with zero attached hydrogens (tertiary/aromatic N) is 3. The van der Waals surface area contributed by atoms with Gasteiger partial charge in [-0.05, 0) is 0 Å². The molecule has 3 nitrogen and oxygen atoms in total. The van der Waals surface area contributed by atoms with Crippen LogP contribution in [0.3, 0.4) is 0 Å². The third kappa shape index (κ3) is 1.67. The molecule has 1 rings (SSSR count). The quantitative estimate of drug-likeness (QED) is 0.602. The molecule has 0 radical (unpaired) electrons. The van der Waals surface area contributed by atoms with Crippen LogP contribution in [0.5, 0.6) is 0 Å². The maximum absolute atomic E-state index is 4.21. The van der Waals surface area contributed by atoms with Crippen molar-refractivity contribution in [2.24, 2.45) is 5.10 Å². The summed E-state index contributed by atoms with van der Waals surface area (Å²) in [5.74, 6) is 0. The van der Waals surface area contributed by atoms with Crippen molar-refractivity contribution in [2.75, 3.05) is 0 Å². The molecule has 1 aromatic heterocycles. The third-order valence-corrected chi connectivity index (χ3v) is 1.81. The van der Waals surface area contributed by atoms with Gasteiger partial charge in [-0.15, -0.1) is 0 Å². The van der Waals surface area contributed by atoms with Crippen molar-refractivity contribution in [3.63, 3.8) is 0 Å². The van der Waals surface area contributed by atoms with Crippen LogP contribution in [-0.4, -0.2) is 16.4 Å². The van der Waals surface area contributed by atoms with E-state index in [1.807, 2.05) is 19.9 Å². The van der Waals surface area contributed by atoms with E-state index in [0.717, 1.165) is 15.5 Å². The first kappa shape index (κ1) is 8.43. The van der Waals surface area contributed by atoms with Gasteiger partial charge in [-0.3, -0.25) is 0 Å². The summed E-state index contributed by atoms with van der Waals surface area (Å²) in [6, 6.07) is 1.96. The van der Waals surface area contributed by atoms with Crippen LogP contribution in [-0.2, 0) is 17.0 Å². The van der Waals surface area contributed by atoms with Gasteiger partial charge in [0, 0.05) is 0 Å². The van der Waals surface area contributed by atoms with Crippen LogP contribution in [0.1, 0.15) is 11.4 Å². The molecule has 1 aromatic rings. The summed E-state index contributed by atoms with van der Waals surface area (Å²) in [4.78, 5) is 4.21. The molecule has 0 atom stereocenters. The second-order valence-corrected chi connectivity index (χ2v) is 2.92. The predicted octanol–water partition coefficient (Wildman–Crippen LogP) is 1.04. The van der Waals surface area contributed by atoms with Gasteiger partial charge in [0.15, 0.2) is 0 Å². The summed E-state index contributed by atoms with van der Waals surface area (Å²) in [6.07, 6.45) is 0. The molecule has 57 valence electrons. The van der Waals surface area contributed by atoms with Crippen LogP contribution in [0.15, 0.2) is 11.2 Å². The topological polar surface area (TPSA) is 30.2 Å².